The van der Waals surface area contributed by atoms with Gasteiger partial charge < -0.3 is 10.6 Å². The molecule has 1 heterocycles. The van der Waals surface area contributed by atoms with E-state index in [9.17, 15) is 4.79 Å². The Balaban J connectivity index is 0.00000192. The second-order valence-corrected chi connectivity index (χ2v) is 5.98. The molecule has 1 amide bonds. The lowest BCUT2D eigenvalue weighted by atomic mass is 10.0. The number of benzene rings is 2. The lowest BCUT2D eigenvalue weighted by molar-refractivity contribution is -0.131. The van der Waals surface area contributed by atoms with E-state index in [4.69, 9.17) is 5.73 Å². The molecule has 2 N–H and O–H groups in total. The van der Waals surface area contributed by atoms with Gasteiger partial charge in [-0.2, -0.15) is 0 Å². The Kier molecular flexibility index (Phi) is 6.20. The van der Waals surface area contributed by atoms with E-state index >= 15 is 0 Å². The van der Waals surface area contributed by atoms with Crippen molar-refractivity contribution < 1.29 is 4.79 Å². The summed E-state index contributed by atoms with van der Waals surface area (Å²) < 4.78 is 0. The molecule has 23 heavy (non-hydrogen) atoms. The van der Waals surface area contributed by atoms with Crippen LogP contribution in [-0.2, 0) is 11.2 Å². The first kappa shape index (κ1) is 17.5. The molecule has 1 atom stereocenters. The zero-order chi connectivity index (χ0) is 15.4. The van der Waals surface area contributed by atoms with Crippen LogP contribution in [0.15, 0.2) is 54.6 Å². The van der Waals surface area contributed by atoms with Crippen molar-refractivity contribution in [1.82, 2.24) is 4.90 Å². The van der Waals surface area contributed by atoms with Gasteiger partial charge in [-0.25, -0.2) is 0 Å². The maximum atomic E-state index is 12.3. The van der Waals surface area contributed by atoms with Crippen molar-refractivity contribution in [3.05, 3.63) is 60.2 Å². The molecule has 2 aromatic rings. The molecule has 1 aliphatic heterocycles. The Morgan fingerprint density at radius 2 is 1.70 bits per heavy atom. The molecule has 4 heteroatoms. The number of piperidine rings is 1. The van der Waals surface area contributed by atoms with E-state index in [1.54, 1.807) is 0 Å². The Morgan fingerprint density at radius 3 is 2.35 bits per heavy atom. The van der Waals surface area contributed by atoms with E-state index in [-0.39, 0.29) is 24.4 Å². The van der Waals surface area contributed by atoms with Crippen LogP contribution >= 0.6 is 12.4 Å². The number of likely N-dealkylation sites (tertiary alicyclic amines) is 1. The summed E-state index contributed by atoms with van der Waals surface area (Å²) in [5.74, 6) is 0.183. The van der Waals surface area contributed by atoms with Crippen LogP contribution in [0.1, 0.15) is 18.4 Å². The monoisotopic (exact) mass is 330 g/mol. The fourth-order valence-electron chi connectivity index (χ4n) is 2.97. The van der Waals surface area contributed by atoms with Crippen molar-refractivity contribution in [3.63, 3.8) is 0 Å². The molecule has 122 valence electrons. The minimum Gasteiger partial charge on any atom is -0.341 e. The number of rotatable bonds is 3. The number of amides is 1. The summed E-state index contributed by atoms with van der Waals surface area (Å²) in [7, 11) is 0. The molecule has 1 unspecified atom stereocenters. The van der Waals surface area contributed by atoms with Crippen molar-refractivity contribution in [1.29, 1.82) is 0 Å². The smallest absolute Gasteiger partial charge is 0.227 e. The van der Waals surface area contributed by atoms with E-state index in [0.29, 0.717) is 13.0 Å². The number of carbonyl (C=O) groups is 1. The first-order valence-corrected chi connectivity index (χ1v) is 7.90. The van der Waals surface area contributed by atoms with Gasteiger partial charge in [0.05, 0.1) is 6.42 Å². The second kappa shape index (κ2) is 8.14. The average Bonchev–Trinajstić information content (AvgIpc) is 2.56. The van der Waals surface area contributed by atoms with Crippen molar-refractivity contribution >= 4 is 18.3 Å². The maximum Gasteiger partial charge on any atom is 0.227 e. The summed E-state index contributed by atoms with van der Waals surface area (Å²) >= 11 is 0. The predicted molar refractivity (Wildman–Crippen MR) is 96.6 cm³/mol. The van der Waals surface area contributed by atoms with Gasteiger partial charge in [-0.1, -0.05) is 54.6 Å². The van der Waals surface area contributed by atoms with Crippen LogP contribution in [0.4, 0.5) is 0 Å². The zero-order valence-electron chi connectivity index (χ0n) is 13.2. The van der Waals surface area contributed by atoms with E-state index in [1.165, 1.54) is 11.1 Å². The highest BCUT2D eigenvalue weighted by atomic mass is 35.5. The molecule has 0 spiro atoms. The van der Waals surface area contributed by atoms with Crippen LogP contribution in [0, 0.1) is 0 Å². The molecule has 1 aliphatic rings. The molecule has 1 saturated heterocycles. The number of nitrogens with zero attached hydrogens (tertiary/aromatic N) is 1. The molecule has 2 aromatic carbocycles. The molecule has 0 aromatic heterocycles. The number of carbonyl (C=O) groups excluding carboxylic acids is 1. The van der Waals surface area contributed by atoms with Crippen LogP contribution in [0.3, 0.4) is 0 Å². The summed E-state index contributed by atoms with van der Waals surface area (Å²) in [6.45, 7) is 1.54. The first-order chi connectivity index (χ1) is 10.7. The summed E-state index contributed by atoms with van der Waals surface area (Å²) in [6, 6.07) is 18.7. The lowest BCUT2D eigenvalue weighted by Crippen LogP contribution is -2.46. The van der Waals surface area contributed by atoms with Gasteiger partial charge in [0.2, 0.25) is 5.91 Å². The molecular formula is C19H23ClN2O. The molecule has 3 rings (SSSR count). The molecule has 1 fully saturated rings. The maximum absolute atomic E-state index is 12.3. The summed E-state index contributed by atoms with van der Waals surface area (Å²) in [5.41, 5.74) is 9.38. The van der Waals surface area contributed by atoms with Crippen LogP contribution in [-0.4, -0.2) is 29.9 Å². The van der Waals surface area contributed by atoms with Crippen molar-refractivity contribution in [2.24, 2.45) is 5.73 Å². The summed E-state index contributed by atoms with van der Waals surface area (Å²) in [6.07, 6.45) is 2.50. The third-order valence-corrected chi connectivity index (χ3v) is 4.23. The highest BCUT2D eigenvalue weighted by molar-refractivity contribution is 5.85. The highest BCUT2D eigenvalue weighted by Gasteiger charge is 2.21. The molecular weight excluding hydrogens is 308 g/mol. The van der Waals surface area contributed by atoms with Gasteiger partial charge in [0, 0.05) is 19.1 Å². The number of hydrogen-bond donors (Lipinski definition) is 1. The Bertz CT molecular complexity index is 628. The topological polar surface area (TPSA) is 46.3 Å². The van der Waals surface area contributed by atoms with Crippen molar-refractivity contribution in [3.8, 4) is 11.1 Å². The SMILES string of the molecule is Cl.NC1CCCN(C(=O)Cc2ccc(-c3ccccc3)cc2)C1. The number of nitrogens with two attached hydrogens (primary N) is 1. The number of halogens is 1. The molecule has 0 radical (unpaired) electrons. The van der Waals surface area contributed by atoms with Gasteiger partial charge in [-0.3, -0.25) is 4.79 Å². The largest absolute Gasteiger partial charge is 0.341 e. The Labute approximate surface area is 143 Å². The molecule has 0 bridgehead atoms. The van der Waals surface area contributed by atoms with Crippen LogP contribution in [0.2, 0.25) is 0 Å². The van der Waals surface area contributed by atoms with E-state index in [2.05, 4.69) is 24.3 Å². The minimum absolute atomic E-state index is 0. The average molecular weight is 331 g/mol. The normalized spacial score (nSPS) is 17.4. The van der Waals surface area contributed by atoms with Crippen molar-refractivity contribution in [2.45, 2.75) is 25.3 Å². The van der Waals surface area contributed by atoms with Gasteiger partial charge in [0.1, 0.15) is 0 Å². The minimum atomic E-state index is 0. The van der Waals surface area contributed by atoms with Gasteiger partial charge in [-0.05, 0) is 29.5 Å². The Morgan fingerprint density at radius 1 is 1.04 bits per heavy atom. The van der Waals surface area contributed by atoms with Crippen LogP contribution in [0.5, 0.6) is 0 Å². The van der Waals surface area contributed by atoms with Gasteiger partial charge in [0.25, 0.3) is 0 Å². The van der Waals surface area contributed by atoms with Crippen LogP contribution in [0.25, 0.3) is 11.1 Å². The summed E-state index contributed by atoms with van der Waals surface area (Å²) in [5, 5.41) is 0. The Hall–Kier alpha value is -1.84. The lowest BCUT2D eigenvalue weighted by Gasteiger charge is -2.30. The van der Waals surface area contributed by atoms with E-state index in [1.807, 2.05) is 35.2 Å². The quantitative estimate of drug-likeness (QED) is 0.938. The standard InChI is InChI=1S/C19H22N2O.ClH/c20-18-7-4-12-21(14-18)19(22)13-15-8-10-17(11-9-15)16-5-2-1-3-6-16;/h1-3,5-6,8-11,18H,4,7,12-14,20H2;1H. The highest BCUT2D eigenvalue weighted by Crippen LogP contribution is 2.20. The number of hydrogen-bond acceptors (Lipinski definition) is 2. The molecule has 0 aliphatic carbocycles. The van der Waals surface area contributed by atoms with Crippen molar-refractivity contribution in [2.75, 3.05) is 13.1 Å². The third kappa shape index (κ3) is 4.57. The zero-order valence-corrected chi connectivity index (χ0v) is 14.0. The summed E-state index contributed by atoms with van der Waals surface area (Å²) in [4.78, 5) is 14.2. The van der Waals surface area contributed by atoms with E-state index < -0.39 is 0 Å². The fourth-order valence-corrected chi connectivity index (χ4v) is 2.97. The second-order valence-electron chi connectivity index (χ2n) is 5.98. The molecule has 3 nitrogen and oxygen atoms in total. The fraction of sp³-hybridized carbons (Fsp3) is 0.316. The predicted octanol–water partition coefficient (Wildman–Crippen LogP) is 3.27. The van der Waals surface area contributed by atoms with Crippen LogP contribution < -0.4 is 5.73 Å². The third-order valence-electron chi connectivity index (χ3n) is 4.23. The first-order valence-electron chi connectivity index (χ1n) is 7.90. The van der Waals surface area contributed by atoms with Gasteiger partial charge in [0.15, 0.2) is 0 Å². The van der Waals surface area contributed by atoms with Gasteiger partial charge >= 0.3 is 0 Å². The molecule has 0 saturated carbocycles. The van der Waals surface area contributed by atoms with Gasteiger partial charge in [-0.15, -0.1) is 12.4 Å². The van der Waals surface area contributed by atoms with E-state index in [0.717, 1.165) is 24.9 Å².